The van der Waals surface area contributed by atoms with Crippen molar-refractivity contribution in [1.82, 2.24) is 0 Å². The van der Waals surface area contributed by atoms with E-state index in [2.05, 4.69) is 13.8 Å². The molecule has 0 saturated heterocycles. The second-order valence-electron chi connectivity index (χ2n) is 1.21. The predicted octanol–water partition coefficient (Wildman–Crippen LogP) is 2.01. The largest absolute Gasteiger partial charge is 0.343 e. The minimum Gasteiger partial charge on any atom is -0.343 e. The molecule has 36 valence electrons. The normalized spacial score (nSPS) is 7.00. The molecule has 0 bridgehead atoms. The van der Waals surface area contributed by atoms with E-state index in [1.807, 2.05) is 0 Å². The molecule has 0 rings (SSSR count). The van der Waals surface area contributed by atoms with E-state index in [1.165, 1.54) is 12.8 Å². The summed E-state index contributed by atoms with van der Waals surface area (Å²) >= 11 is 0. The van der Waals surface area contributed by atoms with Gasteiger partial charge >= 0.3 is 0 Å². The van der Waals surface area contributed by atoms with Gasteiger partial charge in [-0.2, -0.15) is 6.42 Å². The van der Waals surface area contributed by atoms with Crippen molar-refractivity contribution in [2.75, 3.05) is 0 Å². The molecular formula is C5H11Ce-. The Bertz CT molecular complexity index is 11.4. The average molecular weight is 211 g/mol. The van der Waals surface area contributed by atoms with Crippen molar-refractivity contribution in [3.8, 4) is 0 Å². The van der Waals surface area contributed by atoms with Crippen molar-refractivity contribution in [3.63, 3.8) is 0 Å². The van der Waals surface area contributed by atoms with E-state index in [4.69, 9.17) is 0 Å². The van der Waals surface area contributed by atoms with Crippen LogP contribution in [0.15, 0.2) is 0 Å². The van der Waals surface area contributed by atoms with Crippen LogP contribution in [0, 0.1) is 48.7 Å². The molecule has 0 aromatic heterocycles. The van der Waals surface area contributed by atoms with Gasteiger partial charge in [0.2, 0.25) is 0 Å². The molecule has 0 aliphatic heterocycles. The van der Waals surface area contributed by atoms with Crippen molar-refractivity contribution in [1.29, 1.82) is 0 Å². The summed E-state index contributed by atoms with van der Waals surface area (Å²) in [6.45, 7) is 5.85. The molecule has 0 fully saturated rings. The summed E-state index contributed by atoms with van der Waals surface area (Å²) in [5.74, 6) is 0. The molecule has 0 aliphatic carbocycles. The number of hydrogen-bond donors (Lipinski definition) is 0. The summed E-state index contributed by atoms with van der Waals surface area (Å²) in [6, 6.07) is 0. The van der Waals surface area contributed by atoms with Gasteiger partial charge in [0.1, 0.15) is 0 Å². The van der Waals surface area contributed by atoms with Gasteiger partial charge in [0, 0.05) is 41.7 Å². The van der Waals surface area contributed by atoms with E-state index < -0.39 is 0 Å². The van der Waals surface area contributed by atoms with Crippen LogP contribution in [0.5, 0.6) is 0 Å². The molecule has 0 N–H and O–H groups in total. The van der Waals surface area contributed by atoms with Gasteiger partial charge in [0.15, 0.2) is 0 Å². The summed E-state index contributed by atoms with van der Waals surface area (Å²) in [5, 5.41) is 0. The summed E-state index contributed by atoms with van der Waals surface area (Å²) in [6.07, 6.45) is 3.65. The second kappa shape index (κ2) is 9.62. The van der Waals surface area contributed by atoms with E-state index in [0.29, 0.717) is 0 Å². The van der Waals surface area contributed by atoms with E-state index in [9.17, 15) is 0 Å². The zero-order chi connectivity index (χ0) is 4.12. The van der Waals surface area contributed by atoms with Crippen molar-refractivity contribution < 1.29 is 41.7 Å². The van der Waals surface area contributed by atoms with E-state index in [0.717, 1.165) is 6.42 Å². The SMILES string of the molecule is [CH2-]CCCC.[Ce]. The van der Waals surface area contributed by atoms with Crippen LogP contribution < -0.4 is 0 Å². The quantitative estimate of drug-likeness (QED) is 0.613. The number of hydrogen-bond acceptors (Lipinski definition) is 0. The molecular weight excluding hydrogens is 200 g/mol. The standard InChI is InChI=1S/C5H11.Ce/c1-3-5-4-2;/h1,3-5H2,2H3;/q-1;. The second-order valence-corrected chi connectivity index (χ2v) is 1.21. The Morgan fingerprint density at radius 1 is 1.50 bits per heavy atom. The first-order chi connectivity index (χ1) is 2.41. The van der Waals surface area contributed by atoms with E-state index >= 15 is 0 Å². The van der Waals surface area contributed by atoms with Crippen molar-refractivity contribution in [2.45, 2.75) is 26.2 Å². The van der Waals surface area contributed by atoms with Crippen molar-refractivity contribution in [3.05, 3.63) is 6.92 Å². The molecule has 0 aliphatic rings. The minimum absolute atomic E-state index is 0. The van der Waals surface area contributed by atoms with Crippen molar-refractivity contribution in [2.24, 2.45) is 0 Å². The first kappa shape index (κ1) is 10.4. The molecule has 0 unspecified atom stereocenters. The van der Waals surface area contributed by atoms with Crippen LogP contribution in [0.3, 0.4) is 0 Å². The van der Waals surface area contributed by atoms with Crippen LogP contribution in [-0.4, -0.2) is 0 Å². The van der Waals surface area contributed by atoms with Gasteiger partial charge in [-0.15, -0.1) is 0 Å². The fourth-order valence-corrected chi connectivity index (χ4v) is 0.250. The van der Waals surface area contributed by atoms with Gasteiger partial charge in [0.25, 0.3) is 0 Å². The smallest absolute Gasteiger partial charge is 0 e. The van der Waals surface area contributed by atoms with Crippen LogP contribution in [0.2, 0.25) is 0 Å². The zero-order valence-electron chi connectivity index (χ0n) is 4.33. The Labute approximate surface area is 74.1 Å². The molecule has 0 spiro atoms. The number of rotatable bonds is 2. The summed E-state index contributed by atoms with van der Waals surface area (Å²) in [4.78, 5) is 0. The van der Waals surface area contributed by atoms with Gasteiger partial charge in [0.05, 0.1) is 0 Å². The van der Waals surface area contributed by atoms with Crippen LogP contribution in [0.1, 0.15) is 26.2 Å². The molecule has 0 saturated carbocycles. The Hall–Kier alpha value is 1.38. The third-order valence-corrected chi connectivity index (χ3v) is 0.604. The average Bonchev–Trinajstić information content (AvgIpc) is 1.41. The topological polar surface area (TPSA) is 0 Å². The molecule has 0 radical (unpaired) electrons. The monoisotopic (exact) mass is 211 g/mol. The van der Waals surface area contributed by atoms with E-state index in [-0.39, 0.29) is 41.7 Å². The van der Waals surface area contributed by atoms with E-state index in [1.54, 1.807) is 0 Å². The Morgan fingerprint density at radius 2 is 2.00 bits per heavy atom. The fraction of sp³-hybridized carbons (Fsp3) is 0.800. The predicted molar refractivity (Wildman–Crippen MR) is 24.9 cm³/mol. The molecule has 0 atom stereocenters. The maximum atomic E-state index is 3.68. The minimum atomic E-state index is 0. The van der Waals surface area contributed by atoms with Crippen LogP contribution >= 0.6 is 0 Å². The Kier molecular flexibility index (Phi) is 16.6. The van der Waals surface area contributed by atoms with Crippen molar-refractivity contribution >= 4 is 0 Å². The Morgan fingerprint density at radius 3 is 2.00 bits per heavy atom. The fourth-order valence-electron chi connectivity index (χ4n) is 0.250. The zero-order valence-corrected chi connectivity index (χ0v) is 7.47. The third kappa shape index (κ3) is 9.03. The van der Waals surface area contributed by atoms with Crippen LogP contribution in [0.4, 0.5) is 0 Å². The van der Waals surface area contributed by atoms with Gasteiger partial charge in [-0.05, 0) is 0 Å². The molecule has 1 heteroatoms. The summed E-state index contributed by atoms with van der Waals surface area (Å²) < 4.78 is 0. The molecule has 0 aromatic rings. The van der Waals surface area contributed by atoms with Gasteiger partial charge in [-0.1, -0.05) is 19.8 Å². The number of unbranched alkanes of at least 4 members (excludes halogenated alkanes) is 2. The third-order valence-electron chi connectivity index (χ3n) is 0.604. The Balaban J connectivity index is 0. The molecule has 0 nitrogen and oxygen atoms in total. The maximum absolute atomic E-state index is 3.68. The van der Waals surface area contributed by atoms with Crippen LogP contribution in [0.25, 0.3) is 0 Å². The van der Waals surface area contributed by atoms with Gasteiger partial charge in [-0.3, -0.25) is 0 Å². The molecule has 0 amide bonds. The van der Waals surface area contributed by atoms with Gasteiger partial charge < -0.3 is 6.92 Å². The first-order valence-electron chi connectivity index (χ1n) is 2.21. The summed E-state index contributed by atoms with van der Waals surface area (Å²) in [7, 11) is 0. The van der Waals surface area contributed by atoms with Crippen LogP contribution in [-0.2, 0) is 0 Å². The molecule has 6 heavy (non-hydrogen) atoms. The maximum Gasteiger partial charge on any atom is 0 e. The molecule has 0 aromatic carbocycles. The first-order valence-corrected chi connectivity index (χ1v) is 2.21. The summed E-state index contributed by atoms with van der Waals surface area (Å²) in [5.41, 5.74) is 0. The van der Waals surface area contributed by atoms with Gasteiger partial charge in [-0.25, -0.2) is 0 Å². The molecule has 0 heterocycles.